The molecule has 0 saturated heterocycles. The van der Waals surface area contributed by atoms with E-state index in [4.69, 9.17) is 4.74 Å². The Morgan fingerprint density at radius 2 is 2.25 bits per heavy atom. The van der Waals surface area contributed by atoms with Crippen LogP contribution < -0.4 is 5.32 Å². The van der Waals surface area contributed by atoms with Crippen molar-refractivity contribution in [2.24, 2.45) is 7.05 Å². The van der Waals surface area contributed by atoms with Crippen LogP contribution in [0.1, 0.15) is 22.2 Å². The maximum atomic E-state index is 12.2. The molecular weight excluding hydrogens is 396 g/mol. The second kappa shape index (κ2) is 8.41. The largest absolute Gasteiger partial charge is 0.462 e. The van der Waals surface area contributed by atoms with E-state index < -0.39 is 5.97 Å². The lowest BCUT2D eigenvalue weighted by atomic mass is 10.3. The van der Waals surface area contributed by atoms with Gasteiger partial charge >= 0.3 is 5.97 Å². The van der Waals surface area contributed by atoms with Crippen LogP contribution in [-0.4, -0.2) is 46.8 Å². The molecule has 1 N–H and O–H groups in total. The first-order chi connectivity index (χ1) is 11.4. The molecule has 0 aliphatic carbocycles. The van der Waals surface area contributed by atoms with Gasteiger partial charge in [-0.25, -0.2) is 4.79 Å². The molecule has 0 unspecified atom stereocenters. The van der Waals surface area contributed by atoms with E-state index in [2.05, 4.69) is 26.3 Å². The Morgan fingerprint density at radius 1 is 1.50 bits per heavy atom. The summed E-state index contributed by atoms with van der Waals surface area (Å²) in [6.07, 6.45) is 1.39. The highest BCUT2D eigenvalue weighted by atomic mass is 79.9. The Kier molecular flexibility index (Phi) is 6.52. The van der Waals surface area contributed by atoms with Gasteiger partial charge in [-0.3, -0.25) is 14.4 Å². The number of halogens is 1. The Hall–Kier alpha value is -1.71. The van der Waals surface area contributed by atoms with Crippen molar-refractivity contribution in [2.45, 2.75) is 13.5 Å². The van der Waals surface area contributed by atoms with Gasteiger partial charge in [0, 0.05) is 28.3 Å². The van der Waals surface area contributed by atoms with Crippen LogP contribution in [0.2, 0.25) is 0 Å². The number of nitrogens with zero attached hydrogens (tertiary/aromatic N) is 3. The molecule has 0 saturated carbocycles. The van der Waals surface area contributed by atoms with E-state index in [9.17, 15) is 9.59 Å². The van der Waals surface area contributed by atoms with Crippen molar-refractivity contribution in [3.63, 3.8) is 0 Å². The van der Waals surface area contributed by atoms with Gasteiger partial charge in [0.2, 0.25) is 5.91 Å². The molecule has 2 rings (SSSR count). The molecule has 0 radical (unpaired) electrons. The van der Waals surface area contributed by atoms with Crippen molar-refractivity contribution >= 4 is 45.0 Å². The van der Waals surface area contributed by atoms with Crippen LogP contribution >= 0.6 is 27.3 Å². The number of thiophene rings is 1. The highest BCUT2D eigenvalue weighted by Crippen LogP contribution is 2.21. The molecule has 2 heterocycles. The molecule has 24 heavy (non-hydrogen) atoms. The third-order valence-electron chi connectivity index (χ3n) is 3.15. The Morgan fingerprint density at radius 3 is 2.88 bits per heavy atom. The minimum absolute atomic E-state index is 0.197. The summed E-state index contributed by atoms with van der Waals surface area (Å²) in [5.41, 5.74) is 0.248. The number of carbonyl (C=O) groups excluding carboxylic acids is 2. The molecule has 0 spiro atoms. The maximum Gasteiger partial charge on any atom is 0.343 e. The molecule has 9 heteroatoms. The zero-order valence-corrected chi connectivity index (χ0v) is 16.1. The third-order valence-corrected chi connectivity index (χ3v) is 4.84. The molecule has 2 aromatic rings. The van der Waals surface area contributed by atoms with Crippen molar-refractivity contribution in [2.75, 3.05) is 25.5 Å². The van der Waals surface area contributed by atoms with Gasteiger partial charge in [-0.2, -0.15) is 5.10 Å². The highest BCUT2D eigenvalue weighted by molar-refractivity contribution is 9.10. The van der Waals surface area contributed by atoms with Gasteiger partial charge in [0.1, 0.15) is 11.4 Å². The van der Waals surface area contributed by atoms with E-state index in [0.29, 0.717) is 12.4 Å². The van der Waals surface area contributed by atoms with E-state index in [-0.39, 0.29) is 24.6 Å². The summed E-state index contributed by atoms with van der Waals surface area (Å²) < 4.78 is 7.45. The van der Waals surface area contributed by atoms with Gasteiger partial charge in [-0.05, 0) is 36.0 Å². The zero-order valence-electron chi connectivity index (χ0n) is 13.7. The van der Waals surface area contributed by atoms with Crippen molar-refractivity contribution in [1.29, 1.82) is 0 Å². The first-order valence-corrected chi connectivity index (χ1v) is 8.98. The van der Waals surface area contributed by atoms with Crippen LogP contribution in [0, 0.1) is 0 Å². The molecule has 1 amide bonds. The van der Waals surface area contributed by atoms with E-state index >= 15 is 0 Å². The number of carbonyl (C=O) groups is 2. The number of rotatable bonds is 7. The molecule has 0 bridgehead atoms. The lowest BCUT2D eigenvalue weighted by molar-refractivity contribution is -0.117. The van der Waals surface area contributed by atoms with E-state index in [0.717, 1.165) is 9.35 Å². The molecule has 0 aliphatic heterocycles. The summed E-state index contributed by atoms with van der Waals surface area (Å²) in [6.45, 7) is 2.85. The number of aromatic nitrogens is 2. The summed E-state index contributed by atoms with van der Waals surface area (Å²) in [5.74, 6) is -0.384. The minimum Gasteiger partial charge on any atom is -0.462 e. The van der Waals surface area contributed by atoms with Crippen LogP contribution in [0.4, 0.5) is 5.82 Å². The number of ether oxygens (including phenoxy) is 1. The molecule has 0 atom stereocenters. The fraction of sp³-hybridized carbons (Fsp3) is 0.400. The predicted molar refractivity (Wildman–Crippen MR) is 96.1 cm³/mol. The lowest BCUT2D eigenvalue weighted by Crippen LogP contribution is -2.30. The SMILES string of the molecule is CCOC(=O)c1cnn(C)c1NC(=O)CN(C)Cc1cc(Br)cs1. The number of hydrogen-bond donors (Lipinski definition) is 1. The number of anilines is 1. The van der Waals surface area contributed by atoms with Gasteiger partial charge in [0.25, 0.3) is 0 Å². The average Bonchev–Trinajstić information content (AvgIpc) is 3.06. The monoisotopic (exact) mass is 414 g/mol. The average molecular weight is 415 g/mol. The normalized spacial score (nSPS) is 10.9. The van der Waals surface area contributed by atoms with Crippen LogP contribution in [0.5, 0.6) is 0 Å². The van der Waals surface area contributed by atoms with Crippen molar-refractivity contribution in [3.8, 4) is 0 Å². The van der Waals surface area contributed by atoms with Crippen LogP contribution in [0.15, 0.2) is 22.1 Å². The highest BCUT2D eigenvalue weighted by Gasteiger charge is 2.19. The fourth-order valence-electron chi connectivity index (χ4n) is 2.12. The Balaban J connectivity index is 1.97. The Labute approximate surface area is 152 Å². The maximum absolute atomic E-state index is 12.2. The van der Waals surface area contributed by atoms with Crippen LogP contribution in [0.3, 0.4) is 0 Å². The van der Waals surface area contributed by atoms with Crippen LogP contribution in [0.25, 0.3) is 0 Å². The molecule has 0 aliphatic rings. The first-order valence-electron chi connectivity index (χ1n) is 7.31. The van der Waals surface area contributed by atoms with Crippen molar-refractivity contribution in [1.82, 2.24) is 14.7 Å². The number of likely N-dealkylation sites (N-methyl/N-ethyl adjacent to an activating group) is 1. The fourth-order valence-corrected chi connectivity index (χ4v) is 3.65. The van der Waals surface area contributed by atoms with E-state index in [1.165, 1.54) is 10.9 Å². The van der Waals surface area contributed by atoms with E-state index in [1.807, 2.05) is 23.4 Å². The summed E-state index contributed by atoms with van der Waals surface area (Å²) in [7, 11) is 3.52. The first kappa shape index (κ1) is 18.6. The molecule has 7 nitrogen and oxygen atoms in total. The quantitative estimate of drug-likeness (QED) is 0.704. The predicted octanol–water partition coefficient (Wildman–Crippen LogP) is 2.49. The van der Waals surface area contributed by atoms with E-state index in [1.54, 1.807) is 25.3 Å². The third kappa shape index (κ3) is 4.89. The zero-order chi connectivity index (χ0) is 17.7. The summed E-state index contributed by atoms with van der Waals surface area (Å²) in [5, 5.41) is 8.74. The standard InChI is InChI=1S/C15H19BrN4O3S/c1-4-23-15(22)12-6-17-20(3)14(12)18-13(21)8-19(2)7-11-5-10(16)9-24-11/h5-6,9H,4,7-8H2,1-3H3,(H,18,21). The summed E-state index contributed by atoms with van der Waals surface area (Å²) in [4.78, 5) is 27.2. The molecule has 0 fully saturated rings. The number of esters is 1. The Bertz CT molecular complexity index is 728. The van der Waals surface area contributed by atoms with Gasteiger partial charge in [0.15, 0.2) is 0 Å². The smallest absolute Gasteiger partial charge is 0.343 e. The second-order valence-electron chi connectivity index (χ2n) is 5.20. The van der Waals surface area contributed by atoms with Crippen molar-refractivity contribution < 1.29 is 14.3 Å². The number of hydrogen-bond acceptors (Lipinski definition) is 6. The summed E-state index contributed by atoms with van der Waals surface area (Å²) in [6, 6.07) is 2.03. The van der Waals surface area contributed by atoms with Gasteiger partial charge in [-0.15, -0.1) is 11.3 Å². The minimum atomic E-state index is -0.502. The van der Waals surface area contributed by atoms with Crippen LogP contribution in [-0.2, 0) is 23.1 Å². The number of aryl methyl sites for hydroxylation is 1. The lowest BCUT2D eigenvalue weighted by Gasteiger charge is -2.15. The number of amides is 1. The molecule has 2 aromatic heterocycles. The molecule has 0 aromatic carbocycles. The van der Waals surface area contributed by atoms with Gasteiger partial charge in [-0.1, -0.05) is 0 Å². The van der Waals surface area contributed by atoms with Crippen molar-refractivity contribution in [3.05, 3.63) is 32.6 Å². The molecular formula is C15H19BrN4O3S. The number of nitrogens with one attached hydrogen (secondary N) is 1. The molecule has 130 valence electrons. The van der Waals surface area contributed by atoms with Gasteiger partial charge < -0.3 is 10.1 Å². The topological polar surface area (TPSA) is 76.5 Å². The second-order valence-corrected chi connectivity index (χ2v) is 7.11. The van der Waals surface area contributed by atoms with Gasteiger partial charge in [0.05, 0.1) is 19.3 Å². The summed E-state index contributed by atoms with van der Waals surface area (Å²) >= 11 is 5.04.